The fourth-order valence-electron chi connectivity index (χ4n) is 3.74. The van der Waals surface area contributed by atoms with E-state index in [1.165, 1.54) is 24.8 Å². The monoisotopic (exact) mass is 290 g/mol. The molecule has 0 aromatic heterocycles. The molecule has 1 spiro atoms. The summed E-state index contributed by atoms with van der Waals surface area (Å²) in [7, 11) is 1.70. The molecule has 1 aliphatic heterocycles. The van der Waals surface area contributed by atoms with Crippen LogP contribution in [0.25, 0.3) is 0 Å². The number of hydrogen-bond donors (Lipinski definition) is 2. The molecule has 1 aliphatic carbocycles. The van der Waals surface area contributed by atoms with Crippen LogP contribution >= 0.6 is 0 Å². The zero-order chi connectivity index (χ0) is 14.7. The van der Waals surface area contributed by atoms with Crippen LogP contribution in [0.1, 0.15) is 37.7 Å². The van der Waals surface area contributed by atoms with Gasteiger partial charge in [-0.2, -0.15) is 0 Å². The highest BCUT2D eigenvalue weighted by Crippen LogP contribution is 2.45. The number of hydrazine groups is 1. The Hall–Kier alpha value is -1.10. The molecule has 2 aliphatic rings. The molecule has 4 nitrogen and oxygen atoms in total. The number of nitrogens with two attached hydrogens (primary N) is 1. The lowest BCUT2D eigenvalue weighted by Gasteiger charge is -2.48. The molecule has 2 fully saturated rings. The predicted molar refractivity (Wildman–Crippen MR) is 83.1 cm³/mol. The van der Waals surface area contributed by atoms with Crippen molar-refractivity contribution in [2.45, 2.75) is 50.2 Å². The Kier molecular flexibility index (Phi) is 4.48. The lowest BCUT2D eigenvalue weighted by molar-refractivity contribution is -0.147. The summed E-state index contributed by atoms with van der Waals surface area (Å²) in [6.07, 6.45) is 6.93. The molecule has 1 heterocycles. The minimum absolute atomic E-state index is 0.173. The number of benzene rings is 1. The Balaban J connectivity index is 1.66. The van der Waals surface area contributed by atoms with Gasteiger partial charge in [0.25, 0.3) is 0 Å². The van der Waals surface area contributed by atoms with Gasteiger partial charge in [0.1, 0.15) is 5.75 Å². The molecule has 2 unspecified atom stereocenters. The van der Waals surface area contributed by atoms with Crippen molar-refractivity contribution in [3.8, 4) is 5.75 Å². The first-order valence-corrected chi connectivity index (χ1v) is 7.98. The van der Waals surface area contributed by atoms with E-state index in [0.717, 1.165) is 31.6 Å². The minimum Gasteiger partial charge on any atom is -0.497 e. The Bertz CT molecular complexity index is 474. The second-order valence-corrected chi connectivity index (χ2v) is 6.47. The Morgan fingerprint density at radius 3 is 3.00 bits per heavy atom. The first kappa shape index (κ1) is 14.8. The standard InChI is InChI=1S/C17H26N2O2/c1-20-15-5-2-4-13(10-15)11-16(19-18)14-6-9-21-17(12-14)7-3-8-17/h2,4-5,10,14,16,19H,3,6-9,11-12,18H2,1H3. The molecular formula is C17H26N2O2. The van der Waals surface area contributed by atoms with E-state index in [0.29, 0.717) is 12.0 Å². The van der Waals surface area contributed by atoms with Crippen molar-refractivity contribution in [3.63, 3.8) is 0 Å². The van der Waals surface area contributed by atoms with Crippen LogP contribution < -0.4 is 16.0 Å². The number of ether oxygens (including phenoxy) is 2. The Morgan fingerprint density at radius 2 is 2.33 bits per heavy atom. The summed E-state index contributed by atoms with van der Waals surface area (Å²) in [6.45, 7) is 0.876. The highest BCUT2D eigenvalue weighted by Gasteiger charge is 2.44. The van der Waals surface area contributed by atoms with E-state index in [2.05, 4.69) is 17.6 Å². The van der Waals surface area contributed by atoms with Crippen LogP contribution in [0.2, 0.25) is 0 Å². The van der Waals surface area contributed by atoms with Crippen LogP contribution in [-0.4, -0.2) is 25.4 Å². The lowest BCUT2D eigenvalue weighted by Crippen LogP contribution is -2.52. The van der Waals surface area contributed by atoms with Crippen molar-refractivity contribution in [2.75, 3.05) is 13.7 Å². The van der Waals surface area contributed by atoms with E-state index in [-0.39, 0.29) is 5.60 Å². The first-order chi connectivity index (χ1) is 10.2. The van der Waals surface area contributed by atoms with Gasteiger partial charge in [0.2, 0.25) is 0 Å². The number of methoxy groups -OCH3 is 1. The van der Waals surface area contributed by atoms with Crippen molar-refractivity contribution < 1.29 is 9.47 Å². The second-order valence-electron chi connectivity index (χ2n) is 6.47. The van der Waals surface area contributed by atoms with E-state index in [4.69, 9.17) is 15.3 Å². The Morgan fingerprint density at radius 1 is 1.48 bits per heavy atom. The summed E-state index contributed by atoms with van der Waals surface area (Å²) in [4.78, 5) is 0. The van der Waals surface area contributed by atoms with Gasteiger partial charge in [0.05, 0.1) is 12.7 Å². The molecular weight excluding hydrogens is 264 g/mol. The molecule has 116 valence electrons. The normalized spacial score (nSPS) is 25.3. The number of rotatable bonds is 5. The summed E-state index contributed by atoms with van der Waals surface area (Å²) < 4.78 is 11.3. The molecule has 0 bridgehead atoms. The summed E-state index contributed by atoms with van der Waals surface area (Å²) in [5.74, 6) is 7.35. The van der Waals surface area contributed by atoms with Crippen molar-refractivity contribution in [1.29, 1.82) is 0 Å². The molecule has 2 atom stereocenters. The molecule has 1 saturated heterocycles. The average Bonchev–Trinajstić information content (AvgIpc) is 2.51. The molecule has 3 N–H and O–H groups in total. The van der Waals surface area contributed by atoms with Gasteiger partial charge < -0.3 is 9.47 Å². The molecule has 1 aromatic carbocycles. The number of nitrogens with one attached hydrogen (secondary N) is 1. The van der Waals surface area contributed by atoms with Crippen molar-refractivity contribution in [1.82, 2.24) is 5.43 Å². The average molecular weight is 290 g/mol. The van der Waals surface area contributed by atoms with E-state index in [1.807, 2.05) is 12.1 Å². The molecule has 0 radical (unpaired) electrons. The SMILES string of the molecule is COc1cccc(CC(NN)C2CCOC3(CCC3)C2)c1. The maximum absolute atomic E-state index is 6.02. The maximum atomic E-state index is 6.02. The summed E-state index contributed by atoms with van der Waals surface area (Å²) in [5.41, 5.74) is 4.49. The summed E-state index contributed by atoms with van der Waals surface area (Å²) in [5, 5.41) is 0. The van der Waals surface area contributed by atoms with Gasteiger partial charge in [-0.25, -0.2) is 0 Å². The first-order valence-electron chi connectivity index (χ1n) is 7.98. The lowest BCUT2D eigenvalue weighted by atomic mass is 9.70. The largest absolute Gasteiger partial charge is 0.497 e. The van der Waals surface area contributed by atoms with Crippen LogP contribution in [0.4, 0.5) is 0 Å². The van der Waals surface area contributed by atoms with Gasteiger partial charge in [0, 0.05) is 12.6 Å². The van der Waals surface area contributed by atoms with E-state index in [1.54, 1.807) is 7.11 Å². The maximum Gasteiger partial charge on any atom is 0.119 e. The molecule has 1 aromatic rings. The predicted octanol–water partition coefficient (Wildman–Crippen LogP) is 2.42. The van der Waals surface area contributed by atoms with E-state index in [9.17, 15) is 0 Å². The molecule has 4 heteroatoms. The number of hydrogen-bond acceptors (Lipinski definition) is 4. The van der Waals surface area contributed by atoms with Gasteiger partial charge in [0.15, 0.2) is 0 Å². The quantitative estimate of drug-likeness (QED) is 0.646. The van der Waals surface area contributed by atoms with Crippen molar-refractivity contribution >= 4 is 0 Å². The summed E-state index contributed by atoms with van der Waals surface area (Å²) >= 11 is 0. The van der Waals surface area contributed by atoms with Crippen LogP contribution in [0.15, 0.2) is 24.3 Å². The van der Waals surface area contributed by atoms with E-state index >= 15 is 0 Å². The topological polar surface area (TPSA) is 56.5 Å². The highest BCUT2D eigenvalue weighted by atomic mass is 16.5. The van der Waals surface area contributed by atoms with E-state index < -0.39 is 0 Å². The second kappa shape index (κ2) is 6.34. The fourth-order valence-corrected chi connectivity index (χ4v) is 3.74. The highest BCUT2D eigenvalue weighted by molar-refractivity contribution is 5.29. The molecule has 1 saturated carbocycles. The van der Waals surface area contributed by atoms with Crippen LogP contribution in [-0.2, 0) is 11.2 Å². The van der Waals surface area contributed by atoms with Gasteiger partial charge in [-0.1, -0.05) is 12.1 Å². The zero-order valence-electron chi connectivity index (χ0n) is 12.8. The van der Waals surface area contributed by atoms with Crippen LogP contribution in [0, 0.1) is 5.92 Å². The smallest absolute Gasteiger partial charge is 0.119 e. The third-order valence-electron chi connectivity index (χ3n) is 5.17. The zero-order valence-corrected chi connectivity index (χ0v) is 12.8. The van der Waals surface area contributed by atoms with Gasteiger partial charge in [-0.05, 0) is 62.1 Å². The third kappa shape index (κ3) is 3.23. The van der Waals surface area contributed by atoms with Crippen LogP contribution in [0.3, 0.4) is 0 Å². The summed E-state index contributed by atoms with van der Waals surface area (Å²) in [6, 6.07) is 8.57. The molecule has 3 rings (SSSR count). The van der Waals surface area contributed by atoms with Gasteiger partial charge in [-0.3, -0.25) is 11.3 Å². The minimum atomic E-state index is 0.173. The fraction of sp³-hybridized carbons (Fsp3) is 0.647. The van der Waals surface area contributed by atoms with Crippen molar-refractivity contribution in [3.05, 3.63) is 29.8 Å². The molecule has 0 amide bonds. The van der Waals surface area contributed by atoms with Gasteiger partial charge >= 0.3 is 0 Å². The Labute approximate surface area is 127 Å². The van der Waals surface area contributed by atoms with Crippen LogP contribution in [0.5, 0.6) is 5.75 Å². The third-order valence-corrected chi connectivity index (χ3v) is 5.17. The van der Waals surface area contributed by atoms with Crippen molar-refractivity contribution in [2.24, 2.45) is 11.8 Å². The van der Waals surface area contributed by atoms with Gasteiger partial charge in [-0.15, -0.1) is 0 Å². The molecule has 21 heavy (non-hydrogen) atoms.